The van der Waals surface area contributed by atoms with Crippen LogP contribution < -0.4 is 5.32 Å². The number of nitriles is 1. The van der Waals surface area contributed by atoms with Crippen molar-refractivity contribution in [2.45, 2.75) is 19.1 Å². The standard InChI is InChI=1S/C20H13BrF3N7/c1-11(19-28-10-29-31(19)17-3-2-12(8-25)9-27-17)30-16-4-5-26-18-14(16)6-13(21)7-15(18)20(22,23)24/h2-7,9-11H,1H3,(H,26,30)/t11-/m0/s1. The Hall–Kier alpha value is -3.52. The predicted octanol–water partition coefficient (Wildman–Crippen LogP) is 5.04. The SMILES string of the molecule is C[C@H](Nc1ccnc2c(C(F)(F)F)cc(Br)cc12)c1ncnn1-c1ccc(C#N)cn1. The molecule has 11 heteroatoms. The summed E-state index contributed by atoms with van der Waals surface area (Å²) in [5.74, 6) is 0.954. The highest BCUT2D eigenvalue weighted by atomic mass is 79.9. The summed E-state index contributed by atoms with van der Waals surface area (Å²) in [6, 6.07) is 9.01. The van der Waals surface area contributed by atoms with E-state index >= 15 is 0 Å². The average Bonchev–Trinajstić information content (AvgIpc) is 3.23. The molecule has 0 aliphatic heterocycles. The van der Waals surface area contributed by atoms with Gasteiger partial charge in [0, 0.05) is 27.9 Å². The number of aromatic nitrogens is 5. The van der Waals surface area contributed by atoms with Gasteiger partial charge in [-0.2, -0.15) is 28.2 Å². The average molecular weight is 488 g/mol. The Bertz CT molecular complexity index is 1290. The van der Waals surface area contributed by atoms with E-state index in [1.807, 2.05) is 6.07 Å². The summed E-state index contributed by atoms with van der Waals surface area (Å²) in [7, 11) is 0. The van der Waals surface area contributed by atoms with Crippen molar-refractivity contribution in [1.29, 1.82) is 5.26 Å². The monoisotopic (exact) mass is 487 g/mol. The van der Waals surface area contributed by atoms with Crippen molar-refractivity contribution in [1.82, 2.24) is 24.7 Å². The van der Waals surface area contributed by atoms with Crippen LogP contribution in [0.5, 0.6) is 0 Å². The third kappa shape index (κ3) is 4.06. The van der Waals surface area contributed by atoms with Gasteiger partial charge in [0.25, 0.3) is 0 Å². The first-order valence-electron chi connectivity index (χ1n) is 8.96. The van der Waals surface area contributed by atoms with Crippen LogP contribution in [-0.2, 0) is 6.18 Å². The van der Waals surface area contributed by atoms with Crippen LogP contribution in [0.3, 0.4) is 0 Å². The van der Waals surface area contributed by atoms with Gasteiger partial charge in [-0.05, 0) is 37.3 Å². The number of pyridine rings is 2. The molecule has 0 spiro atoms. The fourth-order valence-corrected chi connectivity index (χ4v) is 3.62. The lowest BCUT2D eigenvalue weighted by atomic mass is 10.1. The molecule has 0 radical (unpaired) electrons. The van der Waals surface area contributed by atoms with Crippen LogP contribution in [0.15, 0.2) is 53.5 Å². The molecular weight excluding hydrogens is 475 g/mol. The normalized spacial score (nSPS) is 12.5. The van der Waals surface area contributed by atoms with Crippen LogP contribution in [0.2, 0.25) is 0 Å². The molecule has 4 aromatic rings. The summed E-state index contributed by atoms with van der Waals surface area (Å²) < 4.78 is 42.2. The molecule has 3 heterocycles. The van der Waals surface area contributed by atoms with Crippen LogP contribution in [0.25, 0.3) is 16.7 Å². The first kappa shape index (κ1) is 20.7. The minimum absolute atomic E-state index is 0.150. The Labute approximate surface area is 182 Å². The second-order valence-corrected chi connectivity index (χ2v) is 7.53. The first-order valence-corrected chi connectivity index (χ1v) is 9.75. The molecule has 0 amide bonds. The van der Waals surface area contributed by atoms with E-state index in [4.69, 9.17) is 5.26 Å². The van der Waals surface area contributed by atoms with Crippen molar-refractivity contribution < 1.29 is 13.2 Å². The molecule has 0 fully saturated rings. The topological polar surface area (TPSA) is 92.3 Å². The lowest BCUT2D eigenvalue weighted by Crippen LogP contribution is -2.15. The maximum absolute atomic E-state index is 13.5. The maximum Gasteiger partial charge on any atom is 0.418 e. The number of hydrogen-bond donors (Lipinski definition) is 1. The largest absolute Gasteiger partial charge is 0.418 e. The van der Waals surface area contributed by atoms with Gasteiger partial charge < -0.3 is 5.32 Å². The van der Waals surface area contributed by atoms with Crippen molar-refractivity contribution >= 4 is 32.5 Å². The van der Waals surface area contributed by atoms with E-state index in [2.05, 4.69) is 41.3 Å². The summed E-state index contributed by atoms with van der Waals surface area (Å²) in [5, 5.41) is 16.6. The molecule has 1 N–H and O–H groups in total. The zero-order valence-corrected chi connectivity index (χ0v) is 17.5. The molecule has 1 aromatic carbocycles. The fraction of sp³-hybridized carbons (Fsp3) is 0.150. The Morgan fingerprint density at radius 3 is 2.65 bits per heavy atom. The molecule has 31 heavy (non-hydrogen) atoms. The Kier molecular flexibility index (Phi) is 5.32. The maximum atomic E-state index is 13.5. The van der Waals surface area contributed by atoms with E-state index in [0.717, 1.165) is 6.07 Å². The van der Waals surface area contributed by atoms with E-state index < -0.39 is 17.8 Å². The van der Waals surface area contributed by atoms with Crippen LogP contribution in [0.4, 0.5) is 18.9 Å². The van der Waals surface area contributed by atoms with Gasteiger partial charge in [-0.25, -0.2) is 9.97 Å². The molecule has 0 saturated heterocycles. The van der Waals surface area contributed by atoms with Gasteiger partial charge in [0.05, 0.1) is 22.7 Å². The molecule has 0 unspecified atom stereocenters. The molecule has 1 atom stereocenters. The summed E-state index contributed by atoms with van der Waals surface area (Å²) in [5.41, 5.74) is -0.0984. The summed E-state index contributed by atoms with van der Waals surface area (Å²) in [6.07, 6.45) is -0.435. The molecule has 0 aliphatic carbocycles. The van der Waals surface area contributed by atoms with Crippen molar-refractivity contribution in [3.8, 4) is 11.9 Å². The lowest BCUT2D eigenvalue weighted by molar-refractivity contribution is -0.136. The van der Waals surface area contributed by atoms with Crippen molar-refractivity contribution in [2.75, 3.05) is 5.32 Å². The van der Waals surface area contributed by atoms with E-state index in [9.17, 15) is 13.2 Å². The molecular formula is C20H13BrF3N7. The molecule has 4 rings (SSSR count). The van der Waals surface area contributed by atoms with Crippen molar-refractivity contribution in [3.63, 3.8) is 0 Å². The van der Waals surface area contributed by atoms with E-state index in [1.165, 1.54) is 23.4 Å². The summed E-state index contributed by atoms with van der Waals surface area (Å²) >= 11 is 3.16. The lowest BCUT2D eigenvalue weighted by Gasteiger charge is -2.18. The van der Waals surface area contributed by atoms with Crippen LogP contribution >= 0.6 is 15.9 Å². The number of nitrogens with zero attached hydrogens (tertiary/aromatic N) is 6. The smallest absolute Gasteiger partial charge is 0.375 e. The Balaban J connectivity index is 1.72. The third-order valence-electron chi connectivity index (χ3n) is 4.54. The fourth-order valence-electron chi connectivity index (χ4n) is 3.16. The van der Waals surface area contributed by atoms with Gasteiger partial charge in [0.15, 0.2) is 11.6 Å². The molecule has 3 aromatic heterocycles. The number of benzene rings is 1. The highest BCUT2D eigenvalue weighted by Crippen LogP contribution is 2.38. The van der Waals surface area contributed by atoms with E-state index in [1.54, 1.807) is 31.2 Å². The number of fused-ring (bicyclic) bond motifs is 1. The predicted molar refractivity (Wildman–Crippen MR) is 110 cm³/mol. The van der Waals surface area contributed by atoms with Crippen molar-refractivity contribution in [3.05, 3.63) is 70.5 Å². The zero-order chi connectivity index (χ0) is 22.2. The number of rotatable bonds is 4. The third-order valence-corrected chi connectivity index (χ3v) is 5.00. The van der Waals surface area contributed by atoms with Gasteiger partial charge in [0.1, 0.15) is 12.4 Å². The minimum atomic E-state index is -4.54. The highest BCUT2D eigenvalue weighted by molar-refractivity contribution is 9.10. The molecule has 156 valence electrons. The van der Waals surface area contributed by atoms with Crippen molar-refractivity contribution in [2.24, 2.45) is 0 Å². The second-order valence-electron chi connectivity index (χ2n) is 6.62. The number of nitrogens with one attached hydrogen (secondary N) is 1. The Morgan fingerprint density at radius 2 is 1.97 bits per heavy atom. The molecule has 7 nitrogen and oxygen atoms in total. The zero-order valence-electron chi connectivity index (χ0n) is 15.9. The van der Waals surface area contributed by atoms with E-state index in [0.29, 0.717) is 32.8 Å². The quantitative estimate of drug-likeness (QED) is 0.433. The van der Waals surface area contributed by atoms with Gasteiger partial charge in [-0.1, -0.05) is 15.9 Å². The molecule has 0 aliphatic rings. The molecule has 0 bridgehead atoms. The van der Waals surface area contributed by atoms with Gasteiger partial charge in [-0.3, -0.25) is 4.98 Å². The number of alkyl halides is 3. The molecule has 0 saturated carbocycles. The van der Waals surface area contributed by atoms with Crippen LogP contribution in [0, 0.1) is 11.3 Å². The van der Waals surface area contributed by atoms with Crippen LogP contribution in [0.1, 0.15) is 29.9 Å². The highest BCUT2D eigenvalue weighted by Gasteiger charge is 2.34. The number of halogens is 4. The van der Waals surface area contributed by atoms with Gasteiger partial charge in [-0.15, -0.1) is 0 Å². The minimum Gasteiger partial charge on any atom is -0.375 e. The van der Waals surface area contributed by atoms with Gasteiger partial charge in [0.2, 0.25) is 0 Å². The first-order chi connectivity index (χ1) is 14.8. The number of anilines is 1. The second kappa shape index (κ2) is 7.96. The van der Waals surface area contributed by atoms with Gasteiger partial charge >= 0.3 is 6.18 Å². The van der Waals surface area contributed by atoms with Crippen LogP contribution in [-0.4, -0.2) is 24.7 Å². The summed E-state index contributed by atoms with van der Waals surface area (Å²) in [6.45, 7) is 1.80. The Morgan fingerprint density at radius 1 is 1.16 bits per heavy atom. The van der Waals surface area contributed by atoms with E-state index in [-0.39, 0.29) is 5.52 Å². The number of hydrogen-bond acceptors (Lipinski definition) is 6. The summed E-state index contributed by atoms with van der Waals surface area (Å²) in [4.78, 5) is 12.4.